The van der Waals surface area contributed by atoms with Gasteiger partial charge < -0.3 is 15.6 Å². The van der Waals surface area contributed by atoms with Crippen LogP contribution in [0, 0.1) is 6.92 Å². The van der Waals surface area contributed by atoms with E-state index in [0.29, 0.717) is 29.4 Å². The van der Waals surface area contributed by atoms with Crippen molar-refractivity contribution in [3.8, 4) is 0 Å². The van der Waals surface area contributed by atoms with E-state index in [1.165, 1.54) is 0 Å². The Hall–Kier alpha value is -2.37. The van der Waals surface area contributed by atoms with Crippen LogP contribution < -0.4 is 11.1 Å². The zero-order chi connectivity index (χ0) is 14.5. The predicted octanol–water partition coefficient (Wildman–Crippen LogP) is 1.84. The molecule has 0 unspecified atom stereocenters. The molecule has 0 saturated carbocycles. The number of nitrogens with one attached hydrogen (secondary N) is 1. The van der Waals surface area contributed by atoms with Gasteiger partial charge in [0.1, 0.15) is 17.3 Å². The molecule has 2 heterocycles. The summed E-state index contributed by atoms with van der Waals surface area (Å²) >= 11 is 0. The second kappa shape index (κ2) is 6.18. The van der Waals surface area contributed by atoms with Gasteiger partial charge in [-0.3, -0.25) is 4.79 Å². The van der Waals surface area contributed by atoms with Gasteiger partial charge in [0.25, 0.3) is 5.91 Å². The van der Waals surface area contributed by atoms with Gasteiger partial charge in [0, 0.05) is 17.3 Å². The molecule has 20 heavy (non-hydrogen) atoms. The predicted molar refractivity (Wildman–Crippen MR) is 75.1 cm³/mol. The minimum atomic E-state index is -0.197. The van der Waals surface area contributed by atoms with Gasteiger partial charge in [0.15, 0.2) is 0 Å². The maximum Gasteiger partial charge on any atom is 0.251 e. The molecule has 0 fully saturated rings. The smallest absolute Gasteiger partial charge is 0.251 e. The minimum Gasteiger partial charge on any atom is -0.384 e. The average molecular weight is 274 g/mol. The summed E-state index contributed by atoms with van der Waals surface area (Å²) in [5, 5.41) is 6.60. The molecule has 0 saturated heterocycles. The maximum absolute atomic E-state index is 12.1. The second-order valence-corrected chi connectivity index (χ2v) is 4.63. The Morgan fingerprint density at radius 2 is 2.15 bits per heavy atom. The van der Waals surface area contributed by atoms with E-state index < -0.39 is 0 Å². The molecule has 3 N–H and O–H groups in total. The first-order chi connectivity index (χ1) is 9.58. The molecule has 6 heteroatoms. The topological polar surface area (TPSA) is 94.0 Å². The first-order valence-electron chi connectivity index (χ1n) is 6.55. The quantitative estimate of drug-likeness (QED) is 0.867. The third kappa shape index (κ3) is 3.57. The van der Waals surface area contributed by atoms with Crippen LogP contribution in [0.2, 0.25) is 0 Å². The standard InChI is InChI=1S/C14H18N4O2/c1-3-4-11-6-10(7-13(15)17-11)14(19)16-8-12-5-9(2)20-18-12/h5-7H,3-4,8H2,1-2H3,(H2,15,17)(H,16,19). The molecule has 0 aliphatic carbocycles. The molecule has 1 amide bonds. The van der Waals surface area contributed by atoms with Crippen LogP contribution in [0.15, 0.2) is 22.7 Å². The van der Waals surface area contributed by atoms with Crippen molar-refractivity contribution in [3.05, 3.63) is 40.9 Å². The zero-order valence-corrected chi connectivity index (χ0v) is 11.6. The first-order valence-corrected chi connectivity index (χ1v) is 6.55. The summed E-state index contributed by atoms with van der Waals surface area (Å²) in [4.78, 5) is 16.3. The molecular formula is C14H18N4O2. The molecule has 0 atom stereocenters. The second-order valence-electron chi connectivity index (χ2n) is 4.63. The molecule has 0 aromatic carbocycles. The number of aryl methyl sites for hydroxylation is 2. The number of hydrogen-bond acceptors (Lipinski definition) is 5. The van der Waals surface area contributed by atoms with Crippen molar-refractivity contribution >= 4 is 11.7 Å². The van der Waals surface area contributed by atoms with E-state index in [9.17, 15) is 4.79 Å². The fourth-order valence-corrected chi connectivity index (χ4v) is 1.90. The summed E-state index contributed by atoms with van der Waals surface area (Å²) < 4.78 is 4.94. The van der Waals surface area contributed by atoms with Gasteiger partial charge >= 0.3 is 0 Å². The Labute approximate surface area is 117 Å². The molecule has 2 aromatic heterocycles. The van der Waals surface area contributed by atoms with Gasteiger partial charge in [0.05, 0.1) is 6.54 Å². The van der Waals surface area contributed by atoms with E-state index in [4.69, 9.17) is 10.3 Å². The van der Waals surface area contributed by atoms with Gasteiger partial charge in [-0.2, -0.15) is 0 Å². The molecule has 0 spiro atoms. The Kier molecular flexibility index (Phi) is 4.34. The fraction of sp³-hybridized carbons (Fsp3) is 0.357. The van der Waals surface area contributed by atoms with Crippen LogP contribution in [0.3, 0.4) is 0 Å². The summed E-state index contributed by atoms with van der Waals surface area (Å²) in [6.07, 6.45) is 1.75. The van der Waals surface area contributed by atoms with E-state index in [-0.39, 0.29) is 5.91 Å². The van der Waals surface area contributed by atoms with Crippen molar-refractivity contribution in [3.63, 3.8) is 0 Å². The highest BCUT2D eigenvalue weighted by Crippen LogP contribution is 2.10. The van der Waals surface area contributed by atoms with Gasteiger partial charge in [-0.05, 0) is 25.5 Å². The monoisotopic (exact) mass is 274 g/mol. The molecule has 2 aromatic rings. The van der Waals surface area contributed by atoms with E-state index in [2.05, 4.69) is 22.4 Å². The molecule has 0 radical (unpaired) electrons. The number of amides is 1. The van der Waals surface area contributed by atoms with Crippen molar-refractivity contribution in [1.82, 2.24) is 15.5 Å². The van der Waals surface area contributed by atoms with Crippen LogP contribution in [0.4, 0.5) is 5.82 Å². The van der Waals surface area contributed by atoms with E-state index in [1.54, 1.807) is 25.1 Å². The molecule has 106 valence electrons. The van der Waals surface area contributed by atoms with Crippen molar-refractivity contribution in [1.29, 1.82) is 0 Å². The third-order valence-corrected chi connectivity index (χ3v) is 2.77. The number of nitrogens with two attached hydrogens (primary N) is 1. The lowest BCUT2D eigenvalue weighted by molar-refractivity contribution is 0.0950. The van der Waals surface area contributed by atoms with Crippen molar-refractivity contribution in [2.24, 2.45) is 0 Å². The summed E-state index contributed by atoms with van der Waals surface area (Å²) in [7, 11) is 0. The number of rotatable bonds is 5. The van der Waals surface area contributed by atoms with Gasteiger partial charge in [-0.1, -0.05) is 18.5 Å². The molecule has 0 bridgehead atoms. The first kappa shape index (κ1) is 14.0. The Bertz CT molecular complexity index is 607. The summed E-state index contributed by atoms with van der Waals surface area (Å²) in [6, 6.07) is 5.12. The molecule has 2 rings (SSSR count). The van der Waals surface area contributed by atoms with E-state index >= 15 is 0 Å². The maximum atomic E-state index is 12.1. The number of carbonyl (C=O) groups is 1. The number of pyridine rings is 1. The van der Waals surface area contributed by atoms with Crippen molar-refractivity contribution in [2.45, 2.75) is 33.2 Å². The zero-order valence-electron chi connectivity index (χ0n) is 11.6. The third-order valence-electron chi connectivity index (χ3n) is 2.77. The van der Waals surface area contributed by atoms with E-state index in [0.717, 1.165) is 18.5 Å². The van der Waals surface area contributed by atoms with Gasteiger partial charge in [-0.25, -0.2) is 4.98 Å². The summed E-state index contributed by atoms with van der Waals surface area (Å²) in [5.41, 5.74) is 7.75. The average Bonchev–Trinajstić information content (AvgIpc) is 2.81. The molecule has 6 nitrogen and oxygen atoms in total. The van der Waals surface area contributed by atoms with Crippen LogP contribution in [0.5, 0.6) is 0 Å². The van der Waals surface area contributed by atoms with E-state index in [1.807, 2.05) is 0 Å². The summed E-state index contributed by atoms with van der Waals surface area (Å²) in [6.45, 7) is 4.18. The van der Waals surface area contributed by atoms with Crippen LogP contribution in [0.25, 0.3) is 0 Å². The van der Waals surface area contributed by atoms with Gasteiger partial charge in [0.2, 0.25) is 0 Å². The number of nitrogen functional groups attached to an aromatic ring is 1. The number of aromatic nitrogens is 2. The van der Waals surface area contributed by atoms with Crippen LogP contribution >= 0.6 is 0 Å². The lowest BCUT2D eigenvalue weighted by Crippen LogP contribution is -2.23. The Morgan fingerprint density at radius 1 is 1.35 bits per heavy atom. The molecular weight excluding hydrogens is 256 g/mol. The SMILES string of the molecule is CCCc1cc(C(=O)NCc2cc(C)on2)cc(N)n1. The Balaban J connectivity index is 2.04. The lowest BCUT2D eigenvalue weighted by atomic mass is 10.1. The fourth-order valence-electron chi connectivity index (χ4n) is 1.90. The highest BCUT2D eigenvalue weighted by Gasteiger charge is 2.09. The van der Waals surface area contributed by atoms with Crippen LogP contribution in [-0.4, -0.2) is 16.0 Å². The van der Waals surface area contributed by atoms with Crippen molar-refractivity contribution in [2.75, 3.05) is 5.73 Å². The highest BCUT2D eigenvalue weighted by atomic mass is 16.5. The lowest BCUT2D eigenvalue weighted by Gasteiger charge is -2.06. The molecule has 0 aliphatic rings. The molecule has 0 aliphatic heterocycles. The summed E-state index contributed by atoms with van der Waals surface area (Å²) in [5.74, 6) is 0.878. The van der Waals surface area contributed by atoms with Crippen LogP contribution in [0.1, 0.15) is 40.9 Å². The normalized spacial score (nSPS) is 10.5. The van der Waals surface area contributed by atoms with Crippen LogP contribution in [-0.2, 0) is 13.0 Å². The number of carbonyl (C=O) groups excluding carboxylic acids is 1. The highest BCUT2D eigenvalue weighted by molar-refractivity contribution is 5.94. The number of nitrogens with zero attached hydrogens (tertiary/aromatic N) is 2. The number of hydrogen-bond donors (Lipinski definition) is 2. The van der Waals surface area contributed by atoms with Crippen molar-refractivity contribution < 1.29 is 9.32 Å². The largest absolute Gasteiger partial charge is 0.384 e. The minimum absolute atomic E-state index is 0.197. The number of anilines is 1. The Morgan fingerprint density at radius 3 is 2.80 bits per heavy atom. The van der Waals surface area contributed by atoms with Gasteiger partial charge in [-0.15, -0.1) is 0 Å².